The molecule has 134 valence electrons. The maximum Gasteiger partial charge on any atom is -0.0120 e. The molecule has 0 heteroatoms. The Morgan fingerprint density at radius 2 is 1.08 bits per heavy atom. The Balaban J connectivity index is 2.13. The van der Waals surface area contributed by atoms with E-state index in [1.807, 2.05) is 0 Å². The van der Waals surface area contributed by atoms with Crippen LogP contribution in [0.2, 0.25) is 0 Å². The third-order valence-corrected chi connectivity index (χ3v) is 5.69. The van der Waals surface area contributed by atoms with Gasteiger partial charge in [0, 0.05) is 0 Å². The molecule has 3 aromatic rings. The van der Waals surface area contributed by atoms with Crippen LogP contribution in [0.4, 0.5) is 0 Å². The maximum atomic E-state index is 2.41. The van der Waals surface area contributed by atoms with Crippen LogP contribution in [0.25, 0.3) is 22.3 Å². The minimum atomic E-state index is 1.05. The molecule has 0 saturated heterocycles. The number of hydrogen-bond donors (Lipinski definition) is 0. The van der Waals surface area contributed by atoms with Crippen molar-refractivity contribution in [3.63, 3.8) is 0 Å². The zero-order valence-corrected chi connectivity index (χ0v) is 16.8. The number of benzene rings is 3. The number of rotatable bonds is 5. The molecular weight excluding hydrogens is 312 g/mol. The SMILES string of the molecule is CCc1ccc(-c2cc(CC)c(-c3ccc(CC)cc3)c(C)c2C)cc1. The van der Waals surface area contributed by atoms with Gasteiger partial charge in [-0.3, -0.25) is 0 Å². The summed E-state index contributed by atoms with van der Waals surface area (Å²) >= 11 is 0. The maximum absolute atomic E-state index is 2.41. The predicted molar refractivity (Wildman–Crippen MR) is 115 cm³/mol. The molecule has 26 heavy (non-hydrogen) atoms. The van der Waals surface area contributed by atoms with Crippen molar-refractivity contribution in [1.29, 1.82) is 0 Å². The minimum absolute atomic E-state index is 1.05. The number of aryl methyl sites for hydroxylation is 3. The molecular formula is C26H30. The summed E-state index contributed by atoms with van der Waals surface area (Å²) in [6.45, 7) is 11.2. The van der Waals surface area contributed by atoms with Crippen LogP contribution >= 0.6 is 0 Å². The van der Waals surface area contributed by atoms with Crippen LogP contribution in [0.5, 0.6) is 0 Å². The Morgan fingerprint density at radius 3 is 1.54 bits per heavy atom. The Hall–Kier alpha value is -2.34. The van der Waals surface area contributed by atoms with Gasteiger partial charge in [0.05, 0.1) is 0 Å². The van der Waals surface area contributed by atoms with Crippen molar-refractivity contribution in [2.45, 2.75) is 53.9 Å². The summed E-state index contributed by atoms with van der Waals surface area (Å²) in [6.07, 6.45) is 3.23. The lowest BCUT2D eigenvalue weighted by molar-refractivity contribution is 1.12. The third kappa shape index (κ3) is 3.46. The van der Waals surface area contributed by atoms with Gasteiger partial charge in [0.2, 0.25) is 0 Å². The lowest BCUT2D eigenvalue weighted by Gasteiger charge is -2.19. The lowest BCUT2D eigenvalue weighted by atomic mass is 9.85. The molecule has 3 rings (SSSR count). The molecule has 0 bridgehead atoms. The van der Waals surface area contributed by atoms with Crippen LogP contribution < -0.4 is 0 Å². The monoisotopic (exact) mass is 342 g/mol. The molecule has 0 heterocycles. The summed E-state index contributed by atoms with van der Waals surface area (Å²) in [5.74, 6) is 0. The Bertz CT molecular complexity index is 881. The van der Waals surface area contributed by atoms with Crippen LogP contribution in [0.1, 0.15) is 48.6 Å². The fourth-order valence-corrected chi connectivity index (χ4v) is 3.79. The van der Waals surface area contributed by atoms with Gasteiger partial charge >= 0.3 is 0 Å². The van der Waals surface area contributed by atoms with Crippen molar-refractivity contribution >= 4 is 0 Å². The van der Waals surface area contributed by atoms with Crippen molar-refractivity contribution < 1.29 is 0 Å². The first-order chi connectivity index (χ1) is 12.6. The highest BCUT2D eigenvalue weighted by atomic mass is 14.2. The van der Waals surface area contributed by atoms with E-state index >= 15 is 0 Å². The van der Waals surface area contributed by atoms with Crippen molar-refractivity contribution in [2.24, 2.45) is 0 Å². The Kier molecular flexibility index (Phi) is 5.61. The van der Waals surface area contributed by atoms with Crippen molar-refractivity contribution in [3.8, 4) is 22.3 Å². The summed E-state index contributed by atoms with van der Waals surface area (Å²) in [4.78, 5) is 0. The molecule has 3 aromatic carbocycles. The molecule has 0 aliphatic carbocycles. The van der Waals surface area contributed by atoms with Crippen molar-refractivity contribution in [2.75, 3.05) is 0 Å². The van der Waals surface area contributed by atoms with E-state index in [1.54, 1.807) is 0 Å². The average Bonchev–Trinajstić information content (AvgIpc) is 2.70. The second-order valence-electron chi connectivity index (χ2n) is 7.16. The second-order valence-corrected chi connectivity index (χ2v) is 7.16. The first kappa shape index (κ1) is 18.5. The summed E-state index contributed by atoms with van der Waals surface area (Å²) < 4.78 is 0. The first-order valence-corrected chi connectivity index (χ1v) is 9.90. The van der Waals surface area contributed by atoms with Gasteiger partial charge in [-0.1, -0.05) is 75.4 Å². The highest BCUT2D eigenvalue weighted by Gasteiger charge is 2.14. The van der Waals surface area contributed by atoms with E-state index in [-0.39, 0.29) is 0 Å². The fourth-order valence-electron chi connectivity index (χ4n) is 3.79. The van der Waals surface area contributed by atoms with E-state index in [0.29, 0.717) is 0 Å². The van der Waals surface area contributed by atoms with E-state index in [4.69, 9.17) is 0 Å². The second kappa shape index (κ2) is 7.91. The fraction of sp³-hybridized carbons (Fsp3) is 0.308. The van der Waals surface area contributed by atoms with E-state index in [1.165, 1.54) is 50.1 Å². The van der Waals surface area contributed by atoms with Gasteiger partial charge < -0.3 is 0 Å². The van der Waals surface area contributed by atoms with E-state index < -0.39 is 0 Å². The molecule has 0 aromatic heterocycles. The van der Waals surface area contributed by atoms with Gasteiger partial charge in [-0.2, -0.15) is 0 Å². The van der Waals surface area contributed by atoms with Gasteiger partial charge in [0.15, 0.2) is 0 Å². The first-order valence-electron chi connectivity index (χ1n) is 9.90. The molecule has 0 aliphatic heterocycles. The van der Waals surface area contributed by atoms with Crippen molar-refractivity contribution in [1.82, 2.24) is 0 Å². The summed E-state index contributed by atoms with van der Waals surface area (Å²) in [5, 5.41) is 0. The quantitative estimate of drug-likeness (QED) is 0.455. The molecule has 0 atom stereocenters. The summed E-state index contributed by atoms with van der Waals surface area (Å²) in [6, 6.07) is 20.6. The van der Waals surface area contributed by atoms with Crippen LogP contribution in [0, 0.1) is 13.8 Å². The van der Waals surface area contributed by atoms with Gasteiger partial charge in [-0.05, 0) is 83.2 Å². The lowest BCUT2D eigenvalue weighted by Crippen LogP contribution is -1.98. The topological polar surface area (TPSA) is 0 Å². The Morgan fingerprint density at radius 1 is 0.577 bits per heavy atom. The molecule has 0 spiro atoms. The third-order valence-electron chi connectivity index (χ3n) is 5.69. The highest BCUT2D eigenvalue weighted by Crippen LogP contribution is 2.36. The van der Waals surface area contributed by atoms with Crippen LogP contribution in [0.15, 0.2) is 54.6 Å². The Labute approximate surface area is 158 Å². The number of hydrogen-bond acceptors (Lipinski definition) is 0. The zero-order valence-electron chi connectivity index (χ0n) is 16.8. The predicted octanol–water partition coefficient (Wildman–Crippen LogP) is 7.32. The molecule has 0 nitrogen and oxygen atoms in total. The molecule has 0 fully saturated rings. The summed E-state index contributed by atoms with van der Waals surface area (Å²) in [7, 11) is 0. The van der Waals surface area contributed by atoms with Crippen LogP contribution in [-0.4, -0.2) is 0 Å². The normalized spacial score (nSPS) is 11.0. The van der Waals surface area contributed by atoms with Crippen LogP contribution in [0.3, 0.4) is 0 Å². The smallest absolute Gasteiger partial charge is 0.0120 e. The highest BCUT2D eigenvalue weighted by molar-refractivity contribution is 5.80. The largest absolute Gasteiger partial charge is 0.0613 e. The minimum Gasteiger partial charge on any atom is -0.0613 e. The molecule has 0 aliphatic rings. The van der Waals surface area contributed by atoms with Gasteiger partial charge in [-0.15, -0.1) is 0 Å². The molecule has 0 N–H and O–H groups in total. The van der Waals surface area contributed by atoms with E-state index in [2.05, 4.69) is 89.2 Å². The molecule has 0 saturated carbocycles. The standard InChI is InChI=1S/C26H30/c1-6-20-9-13-23(14-10-20)25-17-22(8-3)26(19(5)18(25)4)24-15-11-21(7-2)12-16-24/h9-17H,6-8H2,1-5H3. The van der Waals surface area contributed by atoms with Gasteiger partial charge in [-0.25, -0.2) is 0 Å². The van der Waals surface area contributed by atoms with Gasteiger partial charge in [0.1, 0.15) is 0 Å². The molecule has 0 amide bonds. The molecule has 0 radical (unpaired) electrons. The van der Waals surface area contributed by atoms with E-state index in [0.717, 1.165) is 19.3 Å². The average molecular weight is 343 g/mol. The van der Waals surface area contributed by atoms with Gasteiger partial charge in [0.25, 0.3) is 0 Å². The van der Waals surface area contributed by atoms with Crippen LogP contribution in [-0.2, 0) is 19.3 Å². The van der Waals surface area contributed by atoms with E-state index in [9.17, 15) is 0 Å². The molecule has 0 unspecified atom stereocenters. The zero-order chi connectivity index (χ0) is 18.7. The summed E-state index contributed by atoms with van der Waals surface area (Å²) in [5.41, 5.74) is 12.5. The van der Waals surface area contributed by atoms with Crippen molar-refractivity contribution in [3.05, 3.63) is 82.4 Å².